The number of imide groups is 2. The van der Waals surface area contributed by atoms with Crippen LogP contribution in [0, 0.1) is 0 Å². The van der Waals surface area contributed by atoms with Gasteiger partial charge in [-0.3, -0.25) is 19.3 Å². The highest BCUT2D eigenvalue weighted by Gasteiger charge is 2.49. The molecule has 0 atom stereocenters. The average molecular weight is 441 g/mol. The number of rotatable bonds is 4. The monoisotopic (exact) mass is 440 g/mol. The van der Waals surface area contributed by atoms with Crippen LogP contribution in [0.3, 0.4) is 0 Å². The fourth-order valence-electron chi connectivity index (χ4n) is 4.82. The zero-order valence-electron chi connectivity index (χ0n) is 17.2. The second kappa shape index (κ2) is 8.03. The van der Waals surface area contributed by atoms with Crippen LogP contribution in [0.2, 0.25) is 0 Å². The third-order valence-corrected chi connectivity index (χ3v) is 7.77. The molecule has 3 aliphatic rings. The fraction of sp³-hybridized carbons (Fsp3) is 0.500. The predicted octanol–water partition coefficient (Wildman–Crippen LogP) is 2.74. The molecule has 1 aliphatic carbocycles. The summed E-state index contributed by atoms with van der Waals surface area (Å²) < 4.78 is 1.17. The zero-order valence-corrected chi connectivity index (χ0v) is 18.0. The van der Waals surface area contributed by atoms with E-state index in [1.54, 1.807) is 16.2 Å². The van der Waals surface area contributed by atoms with Crippen molar-refractivity contribution >= 4 is 45.3 Å². The molecule has 3 fully saturated rings. The summed E-state index contributed by atoms with van der Waals surface area (Å²) in [6, 6.07) is 7.20. The number of nitrogens with zero attached hydrogens (tertiary/aromatic N) is 4. The van der Waals surface area contributed by atoms with Crippen molar-refractivity contribution in [2.45, 2.75) is 50.5 Å². The molecule has 0 bridgehead atoms. The summed E-state index contributed by atoms with van der Waals surface area (Å²) in [5.74, 6) is -1.66. The van der Waals surface area contributed by atoms with E-state index in [0.29, 0.717) is 19.0 Å². The third-order valence-electron chi connectivity index (χ3n) is 6.57. The summed E-state index contributed by atoms with van der Waals surface area (Å²) >= 11 is 1.70. The Bertz CT molecular complexity index is 1020. The number of hydrogen-bond acceptors (Lipinski definition) is 6. The first-order valence-electron chi connectivity index (χ1n) is 10.8. The average Bonchev–Trinajstić information content (AvgIpc) is 3.50. The van der Waals surface area contributed by atoms with Gasteiger partial charge in [0.2, 0.25) is 5.91 Å². The van der Waals surface area contributed by atoms with Gasteiger partial charge in [-0.15, -0.1) is 11.3 Å². The molecule has 1 aromatic heterocycles. The Morgan fingerprint density at radius 3 is 2.42 bits per heavy atom. The van der Waals surface area contributed by atoms with Gasteiger partial charge in [-0.2, -0.15) is 0 Å². The molecule has 8 nitrogen and oxygen atoms in total. The molecular formula is C22H24N4O4S. The third kappa shape index (κ3) is 3.60. The van der Waals surface area contributed by atoms with Gasteiger partial charge in [0, 0.05) is 25.0 Å². The molecule has 0 N–H and O–H groups in total. The van der Waals surface area contributed by atoms with E-state index in [9.17, 15) is 19.2 Å². The second-order valence-electron chi connectivity index (χ2n) is 8.46. The SMILES string of the molecule is O=C(CN1C(=O)C(=O)N(C2CCCC2)C1=O)N1CCC(c2nc3ccccc3s2)CC1. The number of hydrogen-bond donors (Lipinski definition) is 0. The van der Waals surface area contributed by atoms with Crippen LogP contribution in [0.25, 0.3) is 10.2 Å². The van der Waals surface area contributed by atoms with Crippen molar-refractivity contribution in [1.82, 2.24) is 19.7 Å². The van der Waals surface area contributed by atoms with E-state index in [1.165, 1.54) is 4.70 Å². The Morgan fingerprint density at radius 1 is 1.00 bits per heavy atom. The van der Waals surface area contributed by atoms with Crippen LogP contribution >= 0.6 is 11.3 Å². The van der Waals surface area contributed by atoms with E-state index >= 15 is 0 Å². The largest absolute Gasteiger partial charge is 0.341 e. The topological polar surface area (TPSA) is 90.9 Å². The van der Waals surface area contributed by atoms with E-state index in [0.717, 1.165) is 58.8 Å². The Balaban J connectivity index is 1.20. The Hall–Kier alpha value is -2.81. The number of benzene rings is 1. The van der Waals surface area contributed by atoms with Gasteiger partial charge in [0.1, 0.15) is 6.54 Å². The normalized spacial score (nSPS) is 21.2. The smallest absolute Gasteiger partial charge is 0.334 e. The van der Waals surface area contributed by atoms with Crippen LogP contribution in [0.15, 0.2) is 24.3 Å². The van der Waals surface area contributed by atoms with Gasteiger partial charge in [0.15, 0.2) is 0 Å². The number of fused-ring (bicyclic) bond motifs is 1. The van der Waals surface area contributed by atoms with Crippen molar-refractivity contribution in [2.24, 2.45) is 0 Å². The summed E-state index contributed by atoms with van der Waals surface area (Å²) in [7, 11) is 0. The van der Waals surface area contributed by atoms with Gasteiger partial charge >= 0.3 is 17.8 Å². The minimum Gasteiger partial charge on any atom is -0.341 e. The number of para-hydroxylation sites is 1. The van der Waals surface area contributed by atoms with Gasteiger partial charge < -0.3 is 4.90 Å². The van der Waals surface area contributed by atoms with Gasteiger partial charge in [-0.05, 0) is 37.8 Å². The summed E-state index contributed by atoms with van der Waals surface area (Å²) in [6.07, 6.45) is 4.93. The molecule has 3 heterocycles. The van der Waals surface area contributed by atoms with Crippen molar-refractivity contribution < 1.29 is 19.2 Å². The molecule has 2 saturated heterocycles. The lowest BCUT2D eigenvalue weighted by atomic mass is 9.97. The lowest BCUT2D eigenvalue weighted by Gasteiger charge is -2.32. The number of urea groups is 1. The minimum absolute atomic E-state index is 0.214. The maximum Gasteiger partial charge on any atom is 0.334 e. The quantitative estimate of drug-likeness (QED) is 0.539. The number of carbonyl (C=O) groups is 4. The summed E-state index contributed by atoms with van der Waals surface area (Å²) in [5.41, 5.74) is 1.00. The van der Waals surface area contributed by atoms with Crippen LogP contribution in [0.5, 0.6) is 0 Å². The van der Waals surface area contributed by atoms with Gasteiger partial charge in [-0.1, -0.05) is 25.0 Å². The summed E-state index contributed by atoms with van der Waals surface area (Å²) in [4.78, 5) is 58.5. The van der Waals surface area contributed by atoms with Crippen LogP contribution < -0.4 is 0 Å². The molecule has 5 rings (SSSR count). The molecule has 0 radical (unpaired) electrons. The first-order chi connectivity index (χ1) is 15.0. The van der Waals surface area contributed by atoms with E-state index in [2.05, 4.69) is 6.07 Å². The summed E-state index contributed by atoms with van der Waals surface area (Å²) in [5, 5.41) is 1.09. The van der Waals surface area contributed by atoms with Crippen LogP contribution in [0.1, 0.15) is 49.5 Å². The number of piperidine rings is 1. The van der Waals surface area contributed by atoms with Gasteiger partial charge in [0.25, 0.3) is 0 Å². The number of aromatic nitrogens is 1. The van der Waals surface area contributed by atoms with Crippen LogP contribution in [0.4, 0.5) is 4.79 Å². The van der Waals surface area contributed by atoms with Crippen LogP contribution in [-0.2, 0) is 14.4 Å². The number of amides is 5. The summed E-state index contributed by atoms with van der Waals surface area (Å²) in [6.45, 7) is 0.740. The maximum absolute atomic E-state index is 12.8. The maximum atomic E-state index is 12.8. The van der Waals surface area contributed by atoms with Crippen molar-refractivity contribution in [3.63, 3.8) is 0 Å². The molecule has 2 aliphatic heterocycles. The van der Waals surface area contributed by atoms with Crippen LogP contribution in [-0.4, -0.2) is 69.1 Å². The highest BCUT2D eigenvalue weighted by Crippen LogP contribution is 2.34. The standard InChI is InChI=1S/C22H24N4O4S/c27-18(13-25-20(28)21(29)26(22(25)30)15-5-1-2-6-15)24-11-9-14(10-12-24)19-23-16-7-3-4-8-17(16)31-19/h3-4,7-8,14-15H,1-2,5-6,9-13H2. The molecule has 9 heteroatoms. The molecule has 162 valence electrons. The van der Waals surface area contributed by atoms with Gasteiger partial charge in [-0.25, -0.2) is 14.7 Å². The molecule has 31 heavy (non-hydrogen) atoms. The molecular weight excluding hydrogens is 416 g/mol. The zero-order chi connectivity index (χ0) is 21.5. The number of likely N-dealkylation sites (tertiary alicyclic amines) is 1. The predicted molar refractivity (Wildman–Crippen MR) is 114 cm³/mol. The van der Waals surface area contributed by atoms with E-state index in [-0.39, 0.29) is 18.5 Å². The van der Waals surface area contributed by atoms with E-state index < -0.39 is 17.8 Å². The Labute approximate surface area is 183 Å². The Morgan fingerprint density at radius 2 is 1.71 bits per heavy atom. The highest BCUT2D eigenvalue weighted by molar-refractivity contribution is 7.18. The fourth-order valence-corrected chi connectivity index (χ4v) is 5.96. The van der Waals surface area contributed by atoms with Gasteiger partial charge in [0.05, 0.1) is 15.2 Å². The van der Waals surface area contributed by atoms with E-state index in [1.807, 2.05) is 18.2 Å². The minimum atomic E-state index is -0.880. The highest BCUT2D eigenvalue weighted by atomic mass is 32.1. The molecule has 1 saturated carbocycles. The first-order valence-corrected chi connectivity index (χ1v) is 11.7. The number of thiazole rings is 1. The van der Waals surface area contributed by atoms with Crippen molar-refractivity contribution in [1.29, 1.82) is 0 Å². The molecule has 1 aromatic carbocycles. The van der Waals surface area contributed by atoms with Crippen molar-refractivity contribution in [3.05, 3.63) is 29.3 Å². The first kappa shape index (κ1) is 20.1. The lowest BCUT2D eigenvalue weighted by Crippen LogP contribution is -2.46. The molecule has 0 unspecified atom stereocenters. The van der Waals surface area contributed by atoms with Crippen molar-refractivity contribution in [3.8, 4) is 0 Å². The molecule has 5 amide bonds. The second-order valence-corrected chi connectivity index (χ2v) is 9.52. The molecule has 0 spiro atoms. The number of carbonyl (C=O) groups excluding carboxylic acids is 4. The Kier molecular flexibility index (Phi) is 5.21. The molecule has 2 aromatic rings. The van der Waals surface area contributed by atoms with Crippen molar-refractivity contribution in [2.75, 3.05) is 19.6 Å². The lowest BCUT2D eigenvalue weighted by molar-refractivity contribution is -0.145. The van der Waals surface area contributed by atoms with E-state index in [4.69, 9.17) is 4.98 Å².